The summed E-state index contributed by atoms with van der Waals surface area (Å²) in [7, 11) is -4.88. The van der Waals surface area contributed by atoms with Crippen LogP contribution in [0.25, 0.3) is 0 Å². The average Bonchev–Trinajstić information content (AvgIpc) is 1.34. The molecule has 3 saturated carbocycles. The summed E-state index contributed by atoms with van der Waals surface area (Å²) in [6, 6.07) is 0. The highest BCUT2D eigenvalue weighted by molar-refractivity contribution is 7.80. The van der Waals surface area contributed by atoms with Crippen molar-refractivity contribution in [3.05, 3.63) is 11.6 Å². The molecule has 10 rings (SSSR count). The molecule has 6 heterocycles. The van der Waals surface area contributed by atoms with Crippen molar-refractivity contribution in [3.8, 4) is 0 Å². The van der Waals surface area contributed by atoms with Gasteiger partial charge < -0.3 is 133 Å². The molecule has 94 heavy (non-hydrogen) atoms. The fraction of sp³-hybridized carbons (Fsp3) is 0.968. The largest absolute Gasteiger partial charge is 0.397 e. The molecule has 4 aliphatic carbocycles. The van der Waals surface area contributed by atoms with Crippen LogP contribution in [0.1, 0.15) is 127 Å². The fourth-order valence-electron chi connectivity index (χ4n) is 17.2. The van der Waals surface area contributed by atoms with Crippen molar-refractivity contribution in [2.75, 3.05) is 13.2 Å². The highest BCUT2D eigenvalue weighted by atomic mass is 32.3. The van der Waals surface area contributed by atoms with Crippen molar-refractivity contribution < 1.29 is 151 Å². The highest BCUT2D eigenvalue weighted by Gasteiger charge is 2.64. The predicted octanol–water partition coefficient (Wildman–Crippen LogP) is -3.00. The number of aliphatic hydroxyl groups is 15. The Kier molecular flexibility index (Phi) is 23.6. The number of fused-ring (bicyclic) bond motifs is 5. The second kappa shape index (κ2) is 29.5. The summed E-state index contributed by atoms with van der Waals surface area (Å²) >= 11 is 0. The molecule has 6 saturated heterocycles. The molecule has 31 nitrogen and oxygen atoms in total. The van der Waals surface area contributed by atoms with Crippen molar-refractivity contribution >= 4 is 10.4 Å². The van der Waals surface area contributed by atoms with E-state index in [1.807, 2.05) is 6.92 Å². The Hall–Kier alpha value is -1.47. The van der Waals surface area contributed by atoms with E-state index in [0.29, 0.717) is 25.2 Å². The van der Waals surface area contributed by atoms with Crippen LogP contribution in [-0.2, 0) is 71.4 Å². The molecule has 4 unspecified atom stereocenters. The molecule has 0 spiro atoms. The van der Waals surface area contributed by atoms with Crippen LogP contribution >= 0.6 is 0 Å². The minimum absolute atomic E-state index is 0.0190. The molecule has 0 aromatic carbocycles. The molecule has 32 heteroatoms. The summed E-state index contributed by atoms with van der Waals surface area (Å²) in [5.41, 5.74) is -0.649. The first-order valence-electron chi connectivity index (χ1n) is 33.4. The molecule has 0 bridgehead atoms. The van der Waals surface area contributed by atoms with Gasteiger partial charge in [0, 0.05) is 0 Å². The van der Waals surface area contributed by atoms with Crippen LogP contribution in [-0.4, -0.2) is 299 Å². The van der Waals surface area contributed by atoms with Crippen LogP contribution in [0, 0.1) is 40.4 Å². The summed E-state index contributed by atoms with van der Waals surface area (Å²) in [5.74, 6) is 0.00892. The van der Waals surface area contributed by atoms with E-state index in [1.54, 1.807) is 0 Å². The molecule has 6 aliphatic heterocycles. The first-order chi connectivity index (χ1) is 44.0. The molecule has 544 valence electrons. The maximum absolute atomic E-state index is 12.5. The van der Waals surface area contributed by atoms with E-state index >= 15 is 0 Å². The summed E-state index contributed by atoms with van der Waals surface area (Å²) in [6.07, 6.45) is -43.2. The molecular weight excluding hydrogens is 1270 g/mol. The molecule has 10 aliphatic rings. The minimum Gasteiger partial charge on any atom is -0.394 e. The number of aliphatic hydroxyl groups excluding tert-OH is 14. The Morgan fingerprint density at radius 2 is 1.06 bits per heavy atom. The van der Waals surface area contributed by atoms with Gasteiger partial charge in [0.25, 0.3) is 0 Å². The summed E-state index contributed by atoms with van der Waals surface area (Å²) < 4.78 is 113. The molecule has 38 atom stereocenters. The normalized spacial score (nSPS) is 52.5. The molecular formula is C62H104O31S. The van der Waals surface area contributed by atoms with E-state index in [0.717, 1.165) is 32.1 Å². The summed E-state index contributed by atoms with van der Waals surface area (Å²) in [6.45, 7) is 14.8. The zero-order chi connectivity index (χ0) is 68.7. The molecule has 0 radical (unpaired) electrons. The van der Waals surface area contributed by atoms with Gasteiger partial charge in [0.1, 0.15) is 116 Å². The van der Waals surface area contributed by atoms with Gasteiger partial charge in [-0.15, -0.1) is 0 Å². The van der Waals surface area contributed by atoms with Gasteiger partial charge in [-0.05, 0) is 126 Å². The van der Waals surface area contributed by atoms with E-state index < -0.39 is 231 Å². The number of hydrogen-bond acceptors (Lipinski definition) is 30. The van der Waals surface area contributed by atoms with Crippen LogP contribution in [0.15, 0.2) is 11.6 Å². The SMILES string of the molecule is CC(C)CCC[C@](C)(O)[C@H]1CCC2C3C[C@H](O[C@@H]4O[C@H](C)[C@@H](O)[C@H](O[C@@H]5OC[C@@H](O[C@@H]6O[C@H](C)[C@H](O)[C@H](O)[C@H]6O[C@@H]6O[C@H](C)[C@H](O)[C@H](OC7O[C@H](CO)[C@H](O)[C@H](O)[C@H]7O)[C@H]6O)[C@H](O)[C@H]5O[C@@H]5O[C@H](C)[C@@H](O)[C@H](O)[C@H]5O)[C@H]4O)C4C[C@@H](OS(=O)(=O)O)CC[C@]4(C)C3=CC[C@@]21C. The van der Waals surface area contributed by atoms with Crippen LogP contribution in [0.2, 0.25) is 0 Å². The quantitative estimate of drug-likeness (QED) is 0.0427. The summed E-state index contributed by atoms with van der Waals surface area (Å²) in [4.78, 5) is 0. The van der Waals surface area contributed by atoms with Crippen molar-refractivity contribution in [2.24, 2.45) is 40.4 Å². The van der Waals surface area contributed by atoms with E-state index in [9.17, 15) is 89.6 Å². The third kappa shape index (κ3) is 14.9. The molecule has 0 aromatic heterocycles. The lowest BCUT2D eigenvalue weighted by Gasteiger charge is -2.60. The minimum atomic E-state index is -4.88. The lowest BCUT2D eigenvalue weighted by atomic mass is 9.47. The van der Waals surface area contributed by atoms with E-state index in [-0.39, 0.29) is 36.0 Å². The van der Waals surface area contributed by atoms with Crippen LogP contribution in [0.4, 0.5) is 0 Å². The zero-order valence-electron chi connectivity index (χ0n) is 54.5. The van der Waals surface area contributed by atoms with Crippen molar-refractivity contribution in [1.29, 1.82) is 0 Å². The lowest BCUT2D eigenvalue weighted by molar-refractivity contribution is -0.401. The molecule has 16 N–H and O–H groups in total. The Morgan fingerprint density at radius 1 is 0.564 bits per heavy atom. The van der Waals surface area contributed by atoms with E-state index in [1.165, 1.54) is 33.3 Å². The highest BCUT2D eigenvalue weighted by Crippen LogP contribution is 2.67. The van der Waals surface area contributed by atoms with Crippen molar-refractivity contribution in [1.82, 2.24) is 0 Å². The van der Waals surface area contributed by atoms with Gasteiger partial charge in [0.15, 0.2) is 37.7 Å². The van der Waals surface area contributed by atoms with E-state index in [4.69, 9.17) is 61.0 Å². The van der Waals surface area contributed by atoms with Gasteiger partial charge in [-0.2, -0.15) is 8.42 Å². The standard InChI is InChI=1S/C62H104O31S/c1-23(2)11-10-16-62(9,77)36-13-12-30-29-20-33(32-19-28(93-94(78,79)80)14-17-60(32,7)31(29)15-18-61(30,36)8)86-56-48(75)51(40(67)26(5)83-56)90-58-52(91-54-46(73)43(70)37(64)24(3)82-54)42(69)35(22-81-58)88-59-53(45(72)38(65)25(4)85-59)92-57-49(76)50(39(66)27(6)84-57)89-55-47(74)44(71)41(68)34(21-63)87-55/h15,23-30,32-59,63-77H,10-14,16-22H2,1-9H3,(H,78,79,80)/t24-,25-,26-,27-,28+,29?,30?,32?,33+,34-,35-,36+,37-,38+,39+,40-,41+,42+,43+,44+,45+,46-,47-,48-,49-,50+,51+,52-,53-,54+,55?,56+,57+,58+,59+,60-,61+,62+/m1/s1. The third-order valence-corrected chi connectivity index (χ3v) is 23.2. The Morgan fingerprint density at radius 3 is 1.65 bits per heavy atom. The smallest absolute Gasteiger partial charge is 0.394 e. The summed E-state index contributed by atoms with van der Waals surface area (Å²) in [5, 5.41) is 169. The maximum atomic E-state index is 12.5. The number of allylic oxidation sites excluding steroid dienone is 2. The fourth-order valence-corrected chi connectivity index (χ4v) is 17.7. The topological polar surface area (TPSA) is 478 Å². The van der Waals surface area contributed by atoms with Crippen LogP contribution in [0.3, 0.4) is 0 Å². The van der Waals surface area contributed by atoms with Gasteiger partial charge in [-0.25, -0.2) is 4.18 Å². The first kappa shape index (κ1) is 75.2. The van der Waals surface area contributed by atoms with Gasteiger partial charge in [0.2, 0.25) is 0 Å². The second-order valence-electron chi connectivity index (χ2n) is 29.4. The molecule has 0 aromatic rings. The number of ether oxygens (including phenoxy) is 12. The molecule has 0 amide bonds. The second-order valence-corrected chi connectivity index (χ2v) is 30.5. The van der Waals surface area contributed by atoms with Gasteiger partial charge >= 0.3 is 10.4 Å². The van der Waals surface area contributed by atoms with Gasteiger partial charge in [-0.1, -0.05) is 52.2 Å². The van der Waals surface area contributed by atoms with Gasteiger partial charge in [0.05, 0.1) is 55.4 Å². The number of rotatable bonds is 20. The first-order valence-corrected chi connectivity index (χ1v) is 34.7. The van der Waals surface area contributed by atoms with Gasteiger partial charge in [-0.3, -0.25) is 4.55 Å². The van der Waals surface area contributed by atoms with Crippen molar-refractivity contribution in [3.63, 3.8) is 0 Å². The Bertz CT molecular complexity index is 2640. The maximum Gasteiger partial charge on any atom is 0.397 e. The van der Waals surface area contributed by atoms with Crippen LogP contribution in [0.5, 0.6) is 0 Å². The lowest BCUT2D eigenvalue weighted by Crippen LogP contribution is -2.67. The Labute approximate surface area is 546 Å². The monoisotopic (exact) mass is 1380 g/mol. The number of hydrogen-bond donors (Lipinski definition) is 16. The predicted molar refractivity (Wildman–Crippen MR) is 316 cm³/mol. The average molecular weight is 1380 g/mol. The zero-order valence-corrected chi connectivity index (χ0v) is 55.4. The molecule has 9 fully saturated rings. The third-order valence-electron chi connectivity index (χ3n) is 22.6. The van der Waals surface area contributed by atoms with Crippen LogP contribution < -0.4 is 0 Å². The Balaban J connectivity index is 0.895. The van der Waals surface area contributed by atoms with E-state index in [2.05, 4.69) is 33.8 Å². The van der Waals surface area contributed by atoms with Crippen molar-refractivity contribution in [2.45, 2.75) is 322 Å².